The van der Waals surface area contributed by atoms with Crippen molar-refractivity contribution >= 4 is 34.8 Å². The smallest absolute Gasteiger partial charge is 0.226 e. The Hall–Kier alpha value is -3.04. The Morgan fingerprint density at radius 1 is 1.30 bits per heavy atom. The van der Waals surface area contributed by atoms with Gasteiger partial charge in [-0.05, 0) is 30.7 Å². The number of para-hydroxylation sites is 1. The number of nitrogens with one attached hydrogen (secondary N) is 1. The van der Waals surface area contributed by atoms with Gasteiger partial charge in [0.15, 0.2) is 0 Å². The summed E-state index contributed by atoms with van der Waals surface area (Å²) in [6.45, 7) is 3.41. The number of hydrogen-bond donors (Lipinski definition) is 1. The number of nitriles is 1. The first-order valence-corrected chi connectivity index (χ1v) is 8.66. The highest BCUT2D eigenvalue weighted by Crippen LogP contribution is 2.34. The molecule has 0 unspecified atom stereocenters. The minimum absolute atomic E-state index is 0.0597. The van der Waals surface area contributed by atoms with Crippen LogP contribution in [0.3, 0.4) is 0 Å². The van der Waals surface area contributed by atoms with E-state index in [0.29, 0.717) is 27.7 Å². The third kappa shape index (κ3) is 4.99. The lowest BCUT2D eigenvalue weighted by Crippen LogP contribution is -2.32. The quantitative estimate of drug-likeness (QED) is 0.817. The Morgan fingerprint density at radius 2 is 2.00 bits per heavy atom. The summed E-state index contributed by atoms with van der Waals surface area (Å²) in [6, 6.07) is 12.2. The second-order valence-electron chi connectivity index (χ2n) is 5.90. The molecule has 7 heteroatoms. The molecule has 0 aliphatic rings. The zero-order chi connectivity index (χ0) is 20.0. The molecule has 0 bridgehead atoms. The van der Waals surface area contributed by atoms with Crippen LogP contribution in [0.1, 0.15) is 24.5 Å². The van der Waals surface area contributed by atoms with Gasteiger partial charge in [-0.2, -0.15) is 5.26 Å². The summed E-state index contributed by atoms with van der Waals surface area (Å²) in [5.74, 6) is -0.0649. The van der Waals surface area contributed by atoms with Crippen molar-refractivity contribution in [1.29, 1.82) is 5.26 Å². The molecule has 0 saturated heterocycles. The van der Waals surface area contributed by atoms with Crippen molar-refractivity contribution in [3.63, 3.8) is 0 Å². The van der Waals surface area contributed by atoms with Gasteiger partial charge in [-0.1, -0.05) is 23.7 Å². The monoisotopic (exact) mass is 385 g/mol. The highest BCUT2D eigenvalue weighted by Gasteiger charge is 2.19. The van der Waals surface area contributed by atoms with E-state index in [1.54, 1.807) is 36.4 Å². The molecule has 0 heterocycles. The van der Waals surface area contributed by atoms with E-state index >= 15 is 0 Å². The predicted molar refractivity (Wildman–Crippen MR) is 105 cm³/mol. The van der Waals surface area contributed by atoms with E-state index in [2.05, 4.69) is 5.32 Å². The van der Waals surface area contributed by atoms with E-state index in [9.17, 15) is 9.59 Å². The van der Waals surface area contributed by atoms with Crippen LogP contribution in [0.4, 0.5) is 11.4 Å². The lowest BCUT2D eigenvalue weighted by atomic mass is 10.1. The number of benzene rings is 2. The van der Waals surface area contributed by atoms with Crippen molar-refractivity contribution in [1.82, 2.24) is 0 Å². The van der Waals surface area contributed by atoms with Crippen molar-refractivity contribution in [2.75, 3.05) is 23.9 Å². The summed E-state index contributed by atoms with van der Waals surface area (Å²) < 4.78 is 5.33. The first-order valence-electron chi connectivity index (χ1n) is 8.28. The van der Waals surface area contributed by atoms with Crippen LogP contribution in [0.5, 0.6) is 5.75 Å². The number of nitrogens with zero attached hydrogens (tertiary/aromatic N) is 2. The number of hydrogen-bond acceptors (Lipinski definition) is 4. The summed E-state index contributed by atoms with van der Waals surface area (Å²) in [7, 11) is 1.49. The van der Waals surface area contributed by atoms with Gasteiger partial charge >= 0.3 is 0 Å². The number of aryl methyl sites for hydroxylation is 1. The van der Waals surface area contributed by atoms with E-state index in [0.717, 1.165) is 5.56 Å². The third-order valence-electron chi connectivity index (χ3n) is 4.02. The number of methoxy groups -OCH3 is 1. The number of halogens is 1. The summed E-state index contributed by atoms with van der Waals surface area (Å²) >= 11 is 6.12. The maximum absolute atomic E-state index is 12.3. The van der Waals surface area contributed by atoms with E-state index < -0.39 is 0 Å². The van der Waals surface area contributed by atoms with E-state index in [4.69, 9.17) is 21.6 Å². The molecule has 27 heavy (non-hydrogen) atoms. The molecule has 140 valence electrons. The molecule has 2 rings (SSSR count). The highest BCUT2D eigenvalue weighted by atomic mass is 35.5. The van der Waals surface area contributed by atoms with Gasteiger partial charge < -0.3 is 15.0 Å². The Kier molecular flexibility index (Phi) is 6.80. The van der Waals surface area contributed by atoms with Crippen LogP contribution < -0.4 is 15.0 Å². The number of carbonyl (C=O) groups excluding carboxylic acids is 2. The largest absolute Gasteiger partial charge is 0.495 e. The molecule has 0 aliphatic heterocycles. The highest BCUT2D eigenvalue weighted by molar-refractivity contribution is 6.31. The summed E-state index contributed by atoms with van der Waals surface area (Å²) in [6.07, 6.45) is 0.0597. The second kappa shape index (κ2) is 9.06. The molecule has 2 aromatic carbocycles. The van der Waals surface area contributed by atoms with E-state index in [-0.39, 0.29) is 24.8 Å². The van der Waals surface area contributed by atoms with Gasteiger partial charge in [0, 0.05) is 31.0 Å². The molecule has 1 N–H and O–H groups in total. The maximum atomic E-state index is 12.3. The maximum Gasteiger partial charge on any atom is 0.226 e. The normalized spacial score (nSPS) is 10.0. The van der Waals surface area contributed by atoms with Gasteiger partial charge in [-0.25, -0.2) is 0 Å². The van der Waals surface area contributed by atoms with E-state index in [1.807, 2.05) is 13.0 Å². The fourth-order valence-electron chi connectivity index (χ4n) is 2.59. The lowest BCUT2D eigenvalue weighted by molar-refractivity contribution is -0.117. The number of amides is 2. The summed E-state index contributed by atoms with van der Waals surface area (Å²) in [5, 5.41) is 12.3. The summed E-state index contributed by atoms with van der Waals surface area (Å²) in [4.78, 5) is 25.9. The van der Waals surface area contributed by atoms with Crippen molar-refractivity contribution < 1.29 is 14.3 Å². The Labute approximate surface area is 163 Å². The molecule has 0 fully saturated rings. The third-order valence-corrected chi connectivity index (χ3v) is 4.42. The van der Waals surface area contributed by atoms with Crippen molar-refractivity contribution in [2.24, 2.45) is 0 Å². The van der Waals surface area contributed by atoms with Crippen molar-refractivity contribution in [2.45, 2.75) is 20.3 Å². The lowest BCUT2D eigenvalue weighted by Gasteiger charge is -2.24. The molecule has 0 aliphatic carbocycles. The fraction of sp³-hybridized carbons (Fsp3) is 0.250. The number of rotatable bonds is 6. The van der Waals surface area contributed by atoms with Crippen molar-refractivity contribution in [3.05, 3.63) is 52.5 Å². The molecular formula is C20H20ClN3O3. The molecule has 0 radical (unpaired) electrons. The van der Waals surface area contributed by atoms with E-state index in [1.165, 1.54) is 18.9 Å². The van der Waals surface area contributed by atoms with Crippen molar-refractivity contribution in [3.8, 4) is 11.8 Å². The van der Waals surface area contributed by atoms with Gasteiger partial charge in [0.1, 0.15) is 11.8 Å². The first kappa shape index (κ1) is 20.3. The Balaban J connectivity index is 2.16. The first-order chi connectivity index (χ1) is 12.9. The van der Waals surface area contributed by atoms with Crippen LogP contribution in [0.2, 0.25) is 5.02 Å². The minimum atomic E-state index is -0.298. The zero-order valence-electron chi connectivity index (χ0n) is 15.4. The van der Waals surface area contributed by atoms with Crippen LogP contribution in [0.25, 0.3) is 0 Å². The van der Waals surface area contributed by atoms with Gasteiger partial charge in [0.05, 0.1) is 24.0 Å². The zero-order valence-corrected chi connectivity index (χ0v) is 16.1. The molecule has 2 aromatic rings. The van der Waals surface area contributed by atoms with Gasteiger partial charge in [-0.3, -0.25) is 9.59 Å². The predicted octanol–water partition coefficient (Wildman–Crippen LogP) is 3.91. The second-order valence-corrected chi connectivity index (χ2v) is 6.31. The average Bonchev–Trinajstić information content (AvgIpc) is 2.64. The van der Waals surface area contributed by atoms with Crippen LogP contribution in [-0.4, -0.2) is 25.5 Å². The van der Waals surface area contributed by atoms with Gasteiger partial charge in [0.25, 0.3) is 0 Å². The topological polar surface area (TPSA) is 82.4 Å². The number of anilines is 2. The standard InChI is InChI=1S/C20H20ClN3O3/c1-13-10-18(19(27-3)11-16(13)21)24(14(2)25)9-8-20(26)23-17-7-5-4-6-15(17)12-22/h4-7,10-11H,8-9H2,1-3H3,(H,23,26). The molecule has 0 saturated carbocycles. The van der Waals surface area contributed by atoms with Crippen LogP contribution >= 0.6 is 11.6 Å². The van der Waals surface area contributed by atoms with Gasteiger partial charge in [-0.15, -0.1) is 0 Å². The van der Waals surface area contributed by atoms with Crippen LogP contribution in [-0.2, 0) is 9.59 Å². The SMILES string of the molecule is COc1cc(Cl)c(C)cc1N(CCC(=O)Nc1ccccc1C#N)C(C)=O. The van der Waals surface area contributed by atoms with Gasteiger partial charge in [0.2, 0.25) is 11.8 Å². The number of ether oxygens (including phenoxy) is 1. The van der Waals surface area contributed by atoms with Crippen LogP contribution in [0, 0.1) is 18.3 Å². The molecule has 0 atom stereocenters. The molecule has 0 aromatic heterocycles. The Bertz CT molecular complexity index is 906. The number of carbonyl (C=O) groups is 2. The fourth-order valence-corrected chi connectivity index (χ4v) is 2.74. The summed E-state index contributed by atoms with van der Waals surface area (Å²) in [5.41, 5.74) is 2.17. The molecule has 2 amide bonds. The molecule has 6 nitrogen and oxygen atoms in total. The minimum Gasteiger partial charge on any atom is -0.495 e. The molecular weight excluding hydrogens is 366 g/mol. The Morgan fingerprint density at radius 3 is 2.63 bits per heavy atom. The van der Waals surface area contributed by atoms with Crippen LogP contribution in [0.15, 0.2) is 36.4 Å². The average molecular weight is 386 g/mol. The molecule has 0 spiro atoms.